The quantitative estimate of drug-likeness (QED) is 0.522. The van der Waals surface area contributed by atoms with Gasteiger partial charge in [0.05, 0.1) is 31.5 Å². The Morgan fingerprint density at radius 1 is 1.42 bits per heavy atom. The smallest absolute Gasteiger partial charge is 0.254 e. The van der Waals surface area contributed by atoms with E-state index in [1.807, 2.05) is 36.1 Å². The molecule has 7 heteroatoms. The van der Waals surface area contributed by atoms with Crippen molar-refractivity contribution in [3.8, 4) is 0 Å². The molecule has 1 aliphatic heterocycles. The van der Waals surface area contributed by atoms with E-state index in [0.717, 1.165) is 29.6 Å². The Kier molecular flexibility index (Phi) is 5.40. The minimum atomic E-state index is -0.159. The topological polar surface area (TPSA) is 66.8 Å². The Bertz CT molecular complexity index is 773. The van der Waals surface area contributed by atoms with Gasteiger partial charge in [-0.2, -0.15) is 5.10 Å². The molecule has 0 saturated carbocycles. The van der Waals surface area contributed by atoms with E-state index in [-0.39, 0.29) is 5.91 Å². The molecule has 126 valence electrons. The number of amides is 1. The Balaban J connectivity index is 1.63. The zero-order valence-electron chi connectivity index (χ0n) is 13.5. The minimum absolute atomic E-state index is 0.159. The zero-order valence-corrected chi connectivity index (χ0v) is 14.2. The summed E-state index contributed by atoms with van der Waals surface area (Å²) in [6.07, 6.45) is 1.52. The van der Waals surface area contributed by atoms with Crippen molar-refractivity contribution in [2.24, 2.45) is 5.10 Å². The van der Waals surface area contributed by atoms with Crippen LogP contribution in [0.5, 0.6) is 0 Å². The van der Waals surface area contributed by atoms with Gasteiger partial charge in [-0.25, -0.2) is 10.4 Å². The third-order valence-corrected chi connectivity index (χ3v) is 4.12. The van der Waals surface area contributed by atoms with E-state index in [1.54, 1.807) is 0 Å². The maximum Gasteiger partial charge on any atom is 0.254 e. The molecule has 0 spiro atoms. The molecule has 2 heterocycles. The van der Waals surface area contributed by atoms with Gasteiger partial charge >= 0.3 is 0 Å². The van der Waals surface area contributed by atoms with Crippen LogP contribution in [0.25, 0.3) is 10.9 Å². The van der Waals surface area contributed by atoms with Crippen molar-refractivity contribution in [2.45, 2.75) is 6.92 Å². The lowest BCUT2D eigenvalue weighted by atomic mass is 10.1. The number of rotatable bonds is 4. The number of carbonyl (C=O) groups is 1. The molecule has 1 aromatic carbocycles. The first-order chi connectivity index (χ1) is 11.6. The average Bonchev–Trinajstić information content (AvgIpc) is 2.56. The summed E-state index contributed by atoms with van der Waals surface area (Å²) in [5, 5.41) is 5.32. The molecular weight excluding hydrogens is 328 g/mol. The summed E-state index contributed by atoms with van der Waals surface area (Å²) < 4.78 is 5.25. The van der Waals surface area contributed by atoms with Crippen molar-refractivity contribution in [1.29, 1.82) is 0 Å². The molecule has 0 aliphatic carbocycles. The van der Waals surface area contributed by atoms with E-state index in [0.29, 0.717) is 30.5 Å². The average molecular weight is 347 g/mol. The third-order valence-electron chi connectivity index (χ3n) is 3.82. The molecule has 1 saturated heterocycles. The number of fused-ring (bicyclic) bond motifs is 1. The molecule has 1 N–H and O–H groups in total. The number of aryl methyl sites for hydroxylation is 1. The second kappa shape index (κ2) is 7.70. The van der Waals surface area contributed by atoms with Gasteiger partial charge in [-0.15, -0.1) is 0 Å². The number of aromatic nitrogens is 1. The van der Waals surface area contributed by atoms with Crippen LogP contribution >= 0.6 is 11.6 Å². The van der Waals surface area contributed by atoms with Crippen molar-refractivity contribution in [3.05, 3.63) is 40.5 Å². The largest absolute Gasteiger partial charge is 0.379 e. The van der Waals surface area contributed by atoms with Crippen molar-refractivity contribution < 1.29 is 9.53 Å². The minimum Gasteiger partial charge on any atom is -0.379 e. The van der Waals surface area contributed by atoms with Crippen LogP contribution in [0.2, 0.25) is 5.15 Å². The summed E-state index contributed by atoms with van der Waals surface area (Å²) in [6, 6.07) is 7.89. The van der Waals surface area contributed by atoms with Gasteiger partial charge in [0.1, 0.15) is 5.15 Å². The number of nitrogens with zero attached hydrogens (tertiary/aromatic N) is 3. The molecule has 3 rings (SSSR count). The predicted octanol–water partition coefficient (Wildman–Crippen LogP) is 1.98. The van der Waals surface area contributed by atoms with Gasteiger partial charge in [0.15, 0.2) is 0 Å². The first kappa shape index (κ1) is 16.8. The summed E-state index contributed by atoms with van der Waals surface area (Å²) in [5.74, 6) is -0.159. The molecule has 0 unspecified atom stereocenters. The number of hydrazone groups is 1. The molecular formula is C17H19ClN4O2. The van der Waals surface area contributed by atoms with Gasteiger partial charge in [-0.3, -0.25) is 9.69 Å². The third kappa shape index (κ3) is 4.29. The Morgan fingerprint density at radius 2 is 2.21 bits per heavy atom. The van der Waals surface area contributed by atoms with Gasteiger partial charge < -0.3 is 4.74 Å². The second-order valence-electron chi connectivity index (χ2n) is 5.75. The lowest BCUT2D eigenvalue weighted by Gasteiger charge is -2.25. The number of hydrogen-bond donors (Lipinski definition) is 1. The number of carbonyl (C=O) groups excluding carboxylic acids is 1. The van der Waals surface area contributed by atoms with Gasteiger partial charge in [-0.05, 0) is 24.6 Å². The predicted molar refractivity (Wildman–Crippen MR) is 94.5 cm³/mol. The Labute approximate surface area is 145 Å². The van der Waals surface area contributed by atoms with Crippen molar-refractivity contribution >= 4 is 34.6 Å². The number of pyridine rings is 1. The first-order valence-corrected chi connectivity index (χ1v) is 8.18. The monoisotopic (exact) mass is 346 g/mol. The molecule has 1 fully saturated rings. The molecule has 0 radical (unpaired) electrons. The van der Waals surface area contributed by atoms with Crippen LogP contribution in [-0.2, 0) is 9.53 Å². The highest BCUT2D eigenvalue weighted by Crippen LogP contribution is 2.20. The maximum atomic E-state index is 11.9. The Hall–Kier alpha value is -2.02. The number of nitrogens with one attached hydrogen (secondary N) is 1. The van der Waals surface area contributed by atoms with Crippen LogP contribution in [0.3, 0.4) is 0 Å². The van der Waals surface area contributed by atoms with Crippen molar-refractivity contribution in [2.75, 3.05) is 32.8 Å². The summed E-state index contributed by atoms with van der Waals surface area (Å²) in [6.45, 7) is 5.16. The fourth-order valence-electron chi connectivity index (χ4n) is 2.53. The van der Waals surface area contributed by atoms with Crippen LogP contribution in [0.1, 0.15) is 11.1 Å². The van der Waals surface area contributed by atoms with E-state index in [9.17, 15) is 4.79 Å². The van der Waals surface area contributed by atoms with E-state index in [2.05, 4.69) is 15.5 Å². The van der Waals surface area contributed by atoms with Gasteiger partial charge in [0.2, 0.25) is 0 Å². The summed E-state index contributed by atoms with van der Waals surface area (Å²) >= 11 is 6.19. The van der Waals surface area contributed by atoms with E-state index in [4.69, 9.17) is 16.3 Å². The lowest BCUT2D eigenvalue weighted by molar-refractivity contribution is -0.123. The van der Waals surface area contributed by atoms with Crippen LogP contribution in [0.15, 0.2) is 29.4 Å². The highest BCUT2D eigenvalue weighted by atomic mass is 35.5. The summed E-state index contributed by atoms with van der Waals surface area (Å²) in [7, 11) is 0. The molecule has 0 atom stereocenters. The standard InChI is InChI=1S/C17H19ClN4O2/c1-12-2-3-13-9-14(17(18)20-15(13)8-12)10-19-21-16(23)11-22-4-6-24-7-5-22/h2-3,8-10H,4-7,11H2,1H3,(H,21,23)/b19-10+. The fraction of sp³-hybridized carbons (Fsp3) is 0.353. The van der Waals surface area contributed by atoms with Crippen molar-refractivity contribution in [1.82, 2.24) is 15.3 Å². The number of ether oxygens (including phenoxy) is 1. The van der Waals surface area contributed by atoms with Gasteiger partial charge in [0.25, 0.3) is 5.91 Å². The Morgan fingerprint density at radius 3 is 3.00 bits per heavy atom. The highest BCUT2D eigenvalue weighted by Gasteiger charge is 2.13. The zero-order chi connectivity index (χ0) is 16.9. The summed E-state index contributed by atoms with van der Waals surface area (Å²) in [5.41, 5.74) is 5.16. The van der Waals surface area contributed by atoms with Crippen LogP contribution in [0.4, 0.5) is 0 Å². The number of halogens is 1. The van der Waals surface area contributed by atoms with Crippen LogP contribution < -0.4 is 5.43 Å². The van der Waals surface area contributed by atoms with E-state index < -0.39 is 0 Å². The maximum absolute atomic E-state index is 11.9. The molecule has 24 heavy (non-hydrogen) atoms. The first-order valence-electron chi connectivity index (χ1n) is 7.81. The molecule has 6 nitrogen and oxygen atoms in total. The summed E-state index contributed by atoms with van der Waals surface area (Å²) in [4.78, 5) is 18.3. The van der Waals surface area contributed by atoms with Crippen LogP contribution in [0, 0.1) is 6.92 Å². The second-order valence-corrected chi connectivity index (χ2v) is 6.10. The SMILES string of the molecule is Cc1ccc2cc(/C=N/NC(=O)CN3CCOCC3)c(Cl)nc2c1. The molecule has 2 aromatic rings. The van der Waals surface area contributed by atoms with E-state index >= 15 is 0 Å². The lowest BCUT2D eigenvalue weighted by Crippen LogP contribution is -2.42. The van der Waals surface area contributed by atoms with Gasteiger partial charge in [0, 0.05) is 24.0 Å². The number of benzene rings is 1. The molecule has 1 amide bonds. The molecule has 1 aliphatic rings. The number of morpholine rings is 1. The normalized spacial score (nSPS) is 15.9. The highest BCUT2D eigenvalue weighted by molar-refractivity contribution is 6.32. The number of hydrogen-bond acceptors (Lipinski definition) is 5. The van der Waals surface area contributed by atoms with Crippen molar-refractivity contribution in [3.63, 3.8) is 0 Å². The van der Waals surface area contributed by atoms with Gasteiger partial charge in [-0.1, -0.05) is 23.7 Å². The molecule has 0 bridgehead atoms. The molecule has 1 aromatic heterocycles. The van der Waals surface area contributed by atoms with E-state index in [1.165, 1.54) is 6.21 Å². The van der Waals surface area contributed by atoms with Crippen LogP contribution in [-0.4, -0.2) is 54.9 Å². The fourth-order valence-corrected chi connectivity index (χ4v) is 2.73.